The van der Waals surface area contributed by atoms with Crippen LogP contribution in [0.25, 0.3) is 0 Å². The van der Waals surface area contributed by atoms with Gasteiger partial charge in [-0.05, 0) is 50.1 Å². The van der Waals surface area contributed by atoms with Crippen molar-refractivity contribution in [3.8, 4) is 0 Å². The molecule has 1 aliphatic heterocycles. The average Bonchev–Trinajstić information content (AvgIpc) is 3.05. The third-order valence-electron chi connectivity index (χ3n) is 5.12. The number of rotatable bonds is 6. The molecule has 0 radical (unpaired) electrons. The molecule has 1 N–H and O–H groups in total. The van der Waals surface area contributed by atoms with E-state index in [1.807, 2.05) is 0 Å². The molecular weight excluding hydrogens is 260 g/mol. The largest absolute Gasteiger partial charge is 0.465 e. The maximum Gasteiger partial charge on any atom is 0.118 e. The summed E-state index contributed by atoms with van der Waals surface area (Å²) in [5.41, 5.74) is 1.39. The second-order valence-electron chi connectivity index (χ2n) is 7.46. The highest BCUT2D eigenvalue weighted by molar-refractivity contribution is 5.21. The third kappa shape index (κ3) is 3.70. The Labute approximate surface area is 129 Å². The molecule has 2 aliphatic rings. The minimum absolute atomic E-state index is 0.685. The van der Waals surface area contributed by atoms with Crippen molar-refractivity contribution in [2.75, 3.05) is 19.6 Å². The summed E-state index contributed by atoms with van der Waals surface area (Å²) in [5.74, 6) is 4.83. The van der Waals surface area contributed by atoms with E-state index in [2.05, 4.69) is 37.1 Å². The van der Waals surface area contributed by atoms with Gasteiger partial charge in [0.1, 0.15) is 11.5 Å². The first-order valence-corrected chi connectivity index (χ1v) is 8.63. The molecule has 2 unspecified atom stereocenters. The smallest absolute Gasteiger partial charge is 0.118 e. The zero-order chi connectivity index (χ0) is 14.8. The Morgan fingerprint density at radius 1 is 1.29 bits per heavy atom. The standard InChI is InChI=1S/C18H30N2O/c1-13(2)8-19-9-18-7-17(14(3)21-18)12-20-10-15-5-4-6-16(15)11-20/h7,13,15-16,19H,4-6,8-12H2,1-3H3. The van der Waals surface area contributed by atoms with E-state index in [0.29, 0.717) is 5.92 Å². The SMILES string of the molecule is Cc1oc(CNCC(C)C)cc1CN1CC2CCCC2C1. The van der Waals surface area contributed by atoms with Gasteiger partial charge >= 0.3 is 0 Å². The fourth-order valence-corrected chi connectivity index (χ4v) is 4.02. The summed E-state index contributed by atoms with van der Waals surface area (Å²) < 4.78 is 5.91. The molecule has 1 saturated heterocycles. The minimum Gasteiger partial charge on any atom is -0.465 e. The van der Waals surface area contributed by atoms with Gasteiger partial charge in [-0.3, -0.25) is 4.90 Å². The van der Waals surface area contributed by atoms with E-state index in [9.17, 15) is 0 Å². The second kappa shape index (κ2) is 6.53. The molecule has 1 aromatic heterocycles. The number of hydrogen-bond donors (Lipinski definition) is 1. The van der Waals surface area contributed by atoms with Gasteiger partial charge in [0.25, 0.3) is 0 Å². The van der Waals surface area contributed by atoms with Gasteiger partial charge in [-0.15, -0.1) is 0 Å². The molecule has 2 atom stereocenters. The summed E-state index contributed by atoms with van der Waals surface area (Å²) in [5, 5.41) is 3.46. The van der Waals surface area contributed by atoms with Gasteiger partial charge in [0, 0.05) is 25.2 Å². The first kappa shape index (κ1) is 15.1. The molecule has 1 aromatic rings. The van der Waals surface area contributed by atoms with Gasteiger partial charge in [-0.1, -0.05) is 20.3 Å². The van der Waals surface area contributed by atoms with Crippen molar-refractivity contribution in [2.45, 2.75) is 53.1 Å². The van der Waals surface area contributed by atoms with Crippen molar-refractivity contribution in [2.24, 2.45) is 17.8 Å². The molecule has 1 aliphatic carbocycles. The van der Waals surface area contributed by atoms with Crippen LogP contribution in [0.15, 0.2) is 10.5 Å². The molecule has 3 rings (SSSR count). The number of nitrogens with zero attached hydrogens (tertiary/aromatic N) is 1. The predicted octanol–water partition coefficient (Wildman–Crippen LogP) is 3.57. The molecule has 3 nitrogen and oxygen atoms in total. The Morgan fingerprint density at radius 3 is 2.67 bits per heavy atom. The zero-order valence-corrected chi connectivity index (χ0v) is 13.8. The lowest BCUT2D eigenvalue weighted by atomic mass is 10.0. The van der Waals surface area contributed by atoms with E-state index in [1.165, 1.54) is 37.9 Å². The van der Waals surface area contributed by atoms with Crippen LogP contribution >= 0.6 is 0 Å². The van der Waals surface area contributed by atoms with E-state index in [-0.39, 0.29) is 0 Å². The minimum atomic E-state index is 0.685. The molecule has 118 valence electrons. The maximum atomic E-state index is 5.91. The third-order valence-corrected chi connectivity index (χ3v) is 5.12. The fraction of sp³-hybridized carbons (Fsp3) is 0.778. The molecule has 0 aromatic carbocycles. The van der Waals surface area contributed by atoms with Crippen molar-refractivity contribution in [1.82, 2.24) is 10.2 Å². The van der Waals surface area contributed by atoms with Crippen LogP contribution in [-0.2, 0) is 13.1 Å². The van der Waals surface area contributed by atoms with Crippen molar-refractivity contribution in [1.29, 1.82) is 0 Å². The molecule has 2 heterocycles. The van der Waals surface area contributed by atoms with E-state index in [0.717, 1.165) is 43.0 Å². The van der Waals surface area contributed by atoms with Crippen LogP contribution in [0, 0.1) is 24.7 Å². The van der Waals surface area contributed by atoms with Gasteiger partial charge < -0.3 is 9.73 Å². The van der Waals surface area contributed by atoms with Gasteiger partial charge in [-0.25, -0.2) is 0 Å². The van der Waals surface area contributed by atoms with Crippen molar-refractivity contribution in [3.63, 3.8) is 0 Å². The lowest BCUT2D eigenvalue weighted by Crippen LogP contribution is -2.21. The monoisotopic (exact) mass is 290 g/mol. The highest BCUT2D eigenvalue weighted by Crippen LogP contribution is 2.38. The van der Waals surface area contributed by atoms with Crippen molar-refractivity contribution >= 4 is 0 Å². The highest BCUT2D eigenvalue weighted by atomic mass is 16.3. The van der Waals surface area contributed by atoms with Crippen molar-refractivity contribution in [3.05, 3.63) is 23.2 Å². The van der Waals surface area contributed by atoms with Crippen LogP contribution in [0.4, 0.5) is 0 Å². The first-order chi connectivity index (χ1) is 10.1. The van der Waals surface area contributed by atoms with E-state index >= 15 is 0 Å². The van der Waals surface area contributed by atoms with Crippen molar-refractivity contribution < 1.29 is 4.42 Å². The van der Waals surface area contributed by atoms with Crippen LogP contribution in [0.5, 0.6) is 0 Å². The van der Waals surface area contributed by atoms with Gasteiger partial charge in [0.2, 0.25) is 0 Å². The number of furan rings is 1. The van der Waals surface area contributed by atoms with Gasteiger partial charge in [-0.2, -0.15) is 0 Å². The predicted molar refractivity (Wildman–Crippen MR) is 86.1 cm³/mol. The molecule has 0 amide bonds. The summed E-state index contributed by atoms with van der Waals surface area (Å²) in [6.07, 6.45) is 4.37. The Morgan fingerprint density at radius 2 is 2.00 bits per heavy atom. The summed E-state index contributed by atoms with van der Waals surface area (Å²) >= 11 is 0. The molecular formula is C18H30N2O. The summed E-state index contributed by atoms with van der Waals surface area (Å²) in [6.45, 7) is 12.2. The molecule has 0 spiro atoms. The Balaban J connectivity index is 1.52. The second-order valence-corrected chi connectivity index (χ2v) is 7.46. The van der Waals surface area contributed by atoms with Gasteiger partial charge in [0.05, 0.1) is 6.54 Å². The summed E-state index contributed by atoms with van der Waals surface area (Å²) in [4.78, 5) is 2.64. The summed E-state index contributed by atoms with van der Waals surface area (Å²) in [6, 6.07) is 2.26. The number of likely N-dealkylation sites (tertiary alicyclic amines) is 1. The number of nitrogens with one attached hydrogen (secondary N) is 1. The number of hydrogen-bond acceptors (Lipinski definition) is 3. The van der Waals surface area contributed by atoms with E-state index in [4.69, 9.17) is 4.42 Å². The molecule has 3 heteroatoms. The first-order valence-electron chi connectivity index (χ1n) is 8.63. The van der Waals surface area contributed by atoms with Crippen LogP contribution in [0.2, 0.25) is 0 Å². The molecule has 1 saturated carbocycles. The lowest BCUT2D eigenvalue weighted by molar-refractivity contribution is 0.301. The number of fused-ring (bicyclic) bond motifs is 1. The summed E-state index contributed by atoms with van der Waals surface area (Å²) in [7, 11) is 0. The van der Waals surface area contributed by atoms with Crippen LogP contribution in [0.3, 0.4) is 0 Å². The molecule has 0 bridgehead atoms. The van der Waals surface area contributed by atoms with Crippen LogP contribution < -0.4 is 5.32 Å². The van der Waals surface area contributed by atoms with Crippen LogP contribution in [0.1, 0.15) is 50.2 Å². The Kier molecular flexibility index (Phi) is 4.70. The highest BCUT2D eigenvalue weighted by Gasteiger charge is 2.36. The van der Waals surface area contributed by atoms with Crippen LogP contribution in [-0.4, -0.2) is 24.5 Å². The Hall–Kier alpha value is -0.800. The lowest BCUT2D eigenvalue weighted by Gasteiger charge is -2.15. The fourth-order valence-electron chi connectivity index (χ4n) is 4.02. The van der Waals surface area contributed by atoms with Gasteiger partial charge in [0.15, 0.2) is 0 Å². The zero-order valence-electron chi connectivity index (χ0n) is 13.8. The maximum absolute atomic E-state index is 5.91. The Bertz CT molecular complexity index is 454. The number of aryl methyl sites for hydroxylation is 1. The molecule has 21 heavy (non-hydrogen) atoms. The van der Waals surface area contributed by atoms with E-state index in [1.54, 1.807) is 0 Å². The average molecular weight is 290 g/mol. The quantitative estimate of drug-likeness (QED) is 0.868. The normalized spacial score (nSPS) is 25.9. The van der Waals surface area contributed by atoms with E-state index < -0.39 is 0 Å². The topological polar surface area (TPSA) is 28.4 Å². The molecule has 2 fully saturated rings.